The largest absolute Gasteiger partial charge is 0.503 e. The van der Waals surface area contributed by atoms with Gasteiger partial charge in [-0.1, -0.05) is 0 Å². The molecule has 0 bridgehead atoms. The van der Waals surface area contributed by atoms with Gasteiger partial charge in [0.1, 0.15) is 6.04 Å². The van der Waals surface area contributed by atoms with E-state index < -0.39 is 17.4 Å². The van der Waals surface area contributed by atoms with Crippen LogP contribution in [0.1, 0.15) is 25.0 Å². The smallest absolute Gasteiger partial charge is 0.320 e. The molecule has 4 N–H and O–H groups in total. The number of aromatic hydroxyl groups is 1. The second-order valence-electron chi connectivity index (χ2n) is 4.30. The zero-order valence-electron chi connectivity index (χ0n) is 10.3. The Morgan fingerprint density at radius 1 is 1.50 bits per heavy atom. The van der Waals surface area contributed by atoms with Crippen LogP contribution in [0.4, 0.5) is 0 Å². The fraction of sp³-hybridized carbons (Fsp3) is 0.500. The van der Waals surface area contributed by atoms with Crippen molar-refractivity contribution in [3.05, 3.63) is 28.2 Å². The highest BCUT2D eigenvalue weighted by atomic mass is 16.4. The maximum Gasteiger partial charge on any atom is 0.320 e. The highest BCUT2D eigenvalue weighted by Crippen LogP contribution is 2.07. The zero-order valence-corrected chi connectivity index (χ0v) is 10.3. The number of carboxylic acid groups (broad SMARTS) is 1. The van der Waals surface area contributed by atoms with Crippen molar-refractivity contribution in [3.63, 3.8) is 0 Å². The van der Waals surface area contributed by atoms with Crippen LogP contribution in [0, 0.1) is 6.92 Å². The molecule has 6 nitrogen and oxygen atoms in total. The first-order valence-electron chi connectivity index (χ1n) is 5.80. The van der Waals surface area contributed by atoms with Gasteiger partial charge < -0.3 is 20.5 Å². The van der Waals surface area contributed by atoms with E-state index in [4.69, 9.17) is 10.8 Å². The third kappa shape index (κ3) is 3.89. The topological polar surface area (TPSA) is 106 Å². The van der Waals surface area contributed by atoms with Gasteiger partial charge >= 0.3 is 5.97 Å². The molecular weight excluding hydrogens is 236 g/mol. The zero-order chi connectivity index (χ0) is 13.7. The average molecular weight is 254 g/mol. The van der Waals surface area contributed by atoms with Gasteiger partial charge in [-0.15, -0.1) is 0 Å². The van der Waals surface area contributed by atoms with Crippen molar-refractivity contribution in [3.8, 4) is 5.75 Å². The third-order valence-electron chi connectivity index (χ3n) is 2.80. The molecule has 0 radical (unpaired) electrons. The number of rotatable bonds is 6. The summed E-state index contributed by atoms with van der Waals surface area (Å²) in [5.41, 5.74) is 5.75. The number of nitrogens with two attached hydrogens (primary N) is 1. The molecule has 1 aromatic rings. The summed E-state index contributed by atoms with van der Waals surface area (Å²) >= 11 is 0. The molecule has 0 aliphatic rings. The Hall–Kier alpha value is -1.82. The second kappa shape index (κ2) is 6.20. The van der Waals surface area contributed by atoms with E-state index in [1.807, 2.05) is 0 Å². The van der Waals surface area contributed by atoms with E-state index >= 15 is 0 Å². The maximum absolute atomic E-state index is 11.1. The molecule has 1 heterocycles. The van der Waals surface area contributed by atoms with E-state index in [-0.39, 0.29) is 5.75 Å². The quantitative estimate of drug-likeness (QED) is 0.639. The Bertz CT molecular complexity index is 481. The van der Waals surface area contributed by atoms with Crippen LogP contribution < -0.4 is 11.2 Å². The van der Waals surface area contributed by atoms with Crippen LogP contribution in [0.2, 0.25) is 0 Å². The molecule has 0 fully saturated rings. The van der Waals surface area contributed by atoms with Crippen LogP contribution in [0.25, 0.3) is 0 Å². The maximum atomic E-state index is 11.1. The Morgan fingerprint density at radius 3 is 2.78 bits per heavy atom. The summed E-state index contributed by atoms with van der Waals surface area (Å²) in [4.78, 5) is 21.6. The average Bonchev–Trinajstić information content (AvgIpc) is 2.30. The Balaban J connectivity index is 2.47. The molecule has 0 aliphatic heterocycles. The first-order chi connectivity index (χ1) is 8.41. The van der Waals surface area contributed by atoms with Gasteiger partial charge in [0.15, 0.2) is 5.75 Å². The van der Waals surface area contributed by atoms with E-state index in [0.717, 1.165) is 12.1 Å². The van der Waals surface area contributed by atoms with Gasteiger partial charge in [-0.25, -0.2) is 0 Å². The van der Waals surface area contributed by atoms with Crippen LogP contribution in [-0.4, -0.2) is 26.8 Å². The summed E-state index contributed by atoms with van der Waals surface area (Å²) in [6, 6.07) is 0.548. The van der Waals surface area contributed by atoms with Gasteiger partial charge in [0.05, 0.1) is 0 Å². The van der Waals surface area contributed by atoms with Gasteiger partial charge in [0, 0.05) is 24.5 Å². The molecule has 1 atom stereocenters. The van der Waals surface area contributed by atoms with E-state index in [1.54, 1.807) is 11.5 Å². The number of carbonyl (C=O) groups is 1. The minimum absolute atomic E-state index is 0.275. The van der Waals surface area contributed by atoms with Crippen molar-refractivity contribution >= 4 is 5.97 Å². The molecule has 6 heteroatoms. The van der Waals surface area contributed by atoms with Crippen LogP contribution in [0.3, 0.4) is 0 Å². The van der Waals surface area contributed by atoms with Crippen molar-refractivity contribution in [2.24, 2.45) is 5.73 Å². The number of pyridine rings is 1. The lowest BCUT2D eigenvalue weighted by atomic mass is 10.1. The molecule has 1 rings (SSSR count). The molecular formula is C12H18N2O4. The summed E-state index contributed by atoms with van der Waals surface area (Å²) in [6.45, 7) is 2.40. The molecule has 18 heavy (non-hydrogen) atoms. The molecule has 0 spiro atoms. The van der Waals surface area contributed by atoms with Crippen LogP contribution in [-0.2, 0) is 11.3 Å². The van der Waals surface area contributed by atoms with E-state index in [2.05, 4.69) is 0 Å². The number of aryl methyl sites for hydroxylation is 2. The monoisotopic (exact) mass is 254 g/mol. The van der Waals surface area contributed by atoms with E-state index in [1.165, 1.54) is 12.3 Å². The van der Waals surface area contributed by atoms with Gasteiger partial charge in [0.2, 0.25) is 5.43 Å². The molecule has 1 aromatic heterocycles. The SMILES string of the molecule is Cc1cc(=O)c(O)cn1CCCC[C@@H](N)C(=O)O. The third-order valence-corrected chi connectivity index (χ3v) is 2.80. The lowest BCUT2D eigenvalue weighted by Crippen LogP contribution is -2.29. The number of aliphatic carboxylic acids is 1. The number of hydrogen-bond donors (Lipinski definition) is 3. The van der Waals surface area contributed by atoms with E-state index in [9.17, 15) is 14.7 Å². The van der Waals surface area contributed by atoms with Crippen molar-refractivity contribution < 1.29 is 15.0 Å². The lowest BCUT2D eigenvalue weighted by molar-refractivity contribution is -0.138. The normalized spacial score (nSPS) is 12.3. The molecule has 0 unspecified atom stereocenters. The number of nitrogens with zero attached hydrogens (tertiary/aromatic N) is 1. The second-order valence-corrected chi connectivity index (χ2v) is 4.30. The van der Waals surface area contributed by atoms with Crippen LogP contribution in [0.15, 0.2) is 17.1 Å². The van der Waals surface area contributed by atoms with Gasteiger partial charge in [-0.05, 0) is 26.2 Å². The first-order valence-corrected chi connectivity index (χ1v) is 5.80. The predicted molar refractivity (Wildman–Crippen MR) is 66.6 cm³/mol. The predicted octanol–water partition coefficient (Wildman–Crippen LogP) is 0.445. The lowest BCUT2D eigenvalue weighted by Gasteiger charge is -2.11. The van der Waals surface area contributed by atoms with E-state index in [0.29, 0.717) is 19.4 Å². The summed E-state index contributed by atoms with van der Waals surface area (Å²) in [7, 11) is 0. The Kier molecular flexibility index (Phi) is 4.91. The van der Waals surface area contributed by atoms with Gasteiger partial charge in [0.25, 0.3) is 0 Å². The molecule has 0 saturated heterocycles. The Labute approximate surface area is 105 Å². The number of hydrogen-bond acceptors (Lipinski definition) is 4. The minimum Gasteiger partial charge on any atom is -0.503 e. The summed E-state index contributed by atoms with van der Waals surface area (Å²) in [5.74, 6) is -1.27. The molecule has 0 saturated carbocycles. The fourth-order valence-electron chi connectivity index (χ4n) is 1.67. The molecule has 0 aromatic carbocycles. The van der Waals surface area contributed by atoms with Gasteiger partial charge in [-0.3, -0.25) is 9.59 Å². The fourth-order valence-corrected chi connectivity index (χ4v) is 1.67. The highest BCUT2D eigenvalue weighted by Gasteiger charge is 2.10. The van der Waals surface area contributed by atoms with Crippen molar-refractivity contribution in [1.29, 1.82) is 0 Å². The van der Waals surface area contributed by atoms with Crippen molar-refractivity contribution in [2.45, 2.75) is 38.8 Å². The minimum atomic E-state index is -0.993. The first kappa shape index (κ1) is 14.2. The van der Waals surface area contributed by atoms with Gasteiger partial charge in [-0.2, -0.15) is 0 Å². The summed E-state index contributed by atoms with van der Waals surface area (Å²) in [5, 5.41) is 17.9. The molecule has 100 valence electrons. The highest BCUT2D eigenvalue weighted by molar-refractivity contribution is 5.72. The standard InChI is InChI=1S/C12H18N2O4/c1-8-6-10(15)11(16)7-14(8)5-3-2-4-9(13)12(17)18/h6-7,9,16H,2-5,13H2,1H3,(H,17,18)/t9-/m1/s1. The Morgan fingerprint density at radius 2 is 2.17 bits per heavy atom. The number of unbranched alkanes of at least 4 members (excludes halogenated alkanes) is 1. The van der Waals surface area contributed by atoms with Crippen LogP contribution in [0.5, 0.6) is 5.75 Å². The number of carboxylic acids is 1. The van der Waals surface area contributed by atoms with Crippen LogP contribution >= 0.6 is 0 Å². The molecule has 0 amide bonds. The number of aromatic nitrogens is 1. The molecule has 0 aliphatic carbocycles. The summed E-state index contributed by atoms with van der Waals surface area (Å²) < 4.78 is 1.77. The van der Waals surface area contributed by atoms with Crippen molar-refractivity contribution in [2.75, 3.05) is 0 Å². The summed E-state index contributed by atoms with van der Waals surface area (Å²) in [6.07, 6.45) is 3.24. The van der Waals surface area contributed by atoms with Crippen molar-refractivity contribution in [1.82, 2.24) is 4.57 Å².